The number of carbonyl (C=O) groups excluding carboxylic acids is 1. The van der Waals surface area contributed by atoms with E-state index in [1.54, 1.807) is 12.5 Å². The molecule has 0 radical (unpaired) electrons. The molecule has 2 rings (SSSR count). The number of nitrogens with one attached hydrogen (secondary N) is 1. The van der Waals surface area contributed by atoms with Crippen LogP contribution in [-0.4, -0.2) is 42.1 Å². The summed E-state index contributed by atoms with van der Waals surface area (Å²) >= 11 is 1.12. The van der Waals surface area contributed by atoms with Gasteiger partial charge >= 0.3 is 4.87 Å². The molecular formula is C19H27N3O3S. The number of hydrogen-bond donors (Lipinski definition) is 1. The molecule has 1 amide bonds. The van der Waals surface area contributed by atoms with E-state index in [2.05, 4.69) is 24.1 Å². The Morgan fingerprint density at radius 2 is 2.08 bits per heavy atom. The van der Waals surface area contributed by atoms with Gasteiger partial charge < -0.3 is 10.1 Å². The Morgan fingerprint density at radius 1 is 1.35 bits per heavy atom. The third-order valence-electron chi connectivity index (χ3n) is 4.50. The molecule has 0 aliphatic carbocycles. The van der Waals surface area contributed by atoms with E-state index in [9.17, 15) is 9.59 Å². The molecule has 142 valence electrons. The molecular weight excluding hydrogens is 350 g/mol. The molecule has 0 spiro atoms. The number of methoxy groups -OCH3 is 1. The lowest BCUT2D eigenvalue weighted by atomic mass is 10.0. The number of likely N-dealkylation sites (N-methyl/N-ethyl adjacent to an activating group) is 1. The topological polar surface area (TPSA) is 63.6 Å². The Morgan fingerprint density at radius 3 is 2.65 bits per heavy atom. The Labute approximate surface area is 158 Å². The molecule has 0 aliphatic rings. The van der Waals surface area contributed by atoms with Crippen LogP contribution in [0.25, 0.3) is 0 Å². The van der Waals surface area contributed by atoms with Crippen molar-refractivity contribution in [3.63, 3.8) is 0 Å². The fourth-order valence-electron chi connectivity index (χ4n) is 2.98. The van der Waals surface area contributed by atoms with Crippen LogP contribution in [0.15, 0.2) is 34.4 Å². The summed E-state index contributed by atoms with van der Waals surface area (Å²) in [5.74, 6) is 0.639. The van der Waals surface area contributed by atoms with Gasteiger partial charge in [0, 0.05) is 17.6 Å². The van der Waals surface area contributed by atoms with Crippen LogP contribution < -0.4 is 14.9 Å². The van der Waals surface area contributed by atoms with E-state index in [1.165, 1.54) is 4.57 Å². The van der Waals surface area contributed by atoms with Crippen LogP contribution in [0, 0.1) is 6.92 Å². The van der Waals surface area contributed by atoms with Crippen molar-refractivity contribution >= 4 is 17.2 Å². The summed E-state index contributed by atoms with van der Waals surface area (Å²) in [6.45, 7) is 8.32. The van der Waals surface area contributed by atoms with Crippen LogP contribution in [0.4, 0.5) is 0 Å². The van der Waals surface area contributed by atoms with Gasteiger partial charge in [-0.3, -0.25) is 19.1 Å². The SMILES string of the molecule is CCN(CC)[C@H](CNC(=O)Cn1c(C)csc1=O)c1cccc(OC)c1. The second-order valence-corrected chi connectivity index (χ2v) is 6.87. The minimum absolute atomic E-state index is 0.0457. The van der Waals surface area contributed by atoms with E-state index in [0.29, 0.717) is 6.54 Å². The number of aromatic nitrogens is 1. The van der Waals surface area contributed by atoms with Crippen LogP contribution >= 0.6 is 11.3 Å². The summed E-state index contributed by atoms with van der Waals surface area (Å²) in [6, 6.07) is 7.96. The average Bonchev–Trinajstić information content (AvgIpc) is 2.97. The summed E-state index contributed by atoms with van der Waals surface area (Å²) in [6.07, 6.45) is 0. The molecule has 26 heavy (non-hydrogen) atoms. The Balaban J connectivity index is 2.11. The summed E-state index contributed by atoms with van der Waals surface area (Å²) in [5, 5.41) is 4.75. The van der Waals surface area contributed by atoms with Gasteiger partial charge in [0.25, 0.3) is 0 Å². The van der Waals surface area contributed by atoms with Crippen molar-refractivity contribution in [2.45, 2.75) is 33.4 Å². The van der Waals surface area contributed by atoms with Crippen LogP contribution in [0.5, 0.6) is 5.75 Å². The highest BCUT2D eigenvalue weighted by molar-refractivity contribution is 7.07. The average molecular weight is 378 g/mol. The second-order valence-electron chi connectivity index (χ2n) is 6.05. The van der Waals surface area contributed by atoms with Crippen molar-refractivity contribution in [2.24, 2.45) is 0 Å². The zero-order valence-corrected chi connectivity index (χ0v) is 16.6. The second kappa shape index (κ2) is 9.54. The third-order valence-corrected chi connectivity index (χ3v) is 5.38. The first-order valence-electron chi connectivity index (χ1n) is 8.79. The van der Waals surface area contributed by atoms with E-state index in [-0.39, 0.29) is 23.4 Å². The first-order chi connectivity index (χ1) is 12.5. The van der Waals surface area contributed by atoms with Crippen molar-refractivity contribution in [1.82, 2.24) is 14.8 Å². The summed E-state index contributed by atoms with van der Waals surface area (Å²) < 4.78 is 6.83. The highest BCUT2D eigenvalue weighted by Gasteiger charge is 2.20. The maximum atomic E-state index is 12.4. The van der Waals surface area contributed by atoms with Crippen molar-refractivity contribution in [3.05, 3.63) is 50.6 Å². The predicted molar refractivity (Wildman–Crippen MR) is 105 cm³/mol. The third kappa shape index (κ3) is 4.95. The van der Waals surface area contributed by atoms with Gasteiger partial charge in [0.1, 0.15) is 12.3 Å². The van der Waals surface area contributed by atoms with Gasteiger partial charge in [0.2, 0.25) is 5.91 Å². The highest BCUT2D eigenvalue weighted by atomic mass is 32.1. The molecule has 0 unspecified atom stereocenters. The zero-order chi connectivity index (χ0) is 19.1. The van der Waals surface area contributed by atoms with E-state index in [4.69, 9.17) is 4.74 Å². The van der Waals surface area contributed by atoms with Crippen LogP contribution in [0.2, 0.25) is 0 Å². The number of nitrogens with zero attached hydrogens (tertiary/aromatic N) is 2. The predicted octanol–water partition coefficient (Wildman–Crippen LogP) is 2.43. The number of hydrogen-bond acceptors (Lipinski definition) is 5. The van der Waals surface area contributed by atoms with Gasteiger partial charge in [-0.15, -0.1) is 0 Å². The standard InChI is InChI=1S/C19H27N3O3S/c1-5-21(6-2)17(15-8-7-9-16(10-15)25-4)11-20-18(23)12-22-14(3)13-26-19(22)24/h7-10,13,17H,5-6,11-12H2,1-4H3,(H,20,23)/t17-/m1/s1. The van der Waals surface area contributed by atoms with Gasteiger partial charge in [-0.25, -0.2) is 0 Å². The fraction of sp³-hybridized carbons (Fsp3) is 0.474. The van der Waals surface area contributed by atoms with Crippen molar-refractivity contribution < 1.29 is 9.53 Å². The van der Waals surface area contributed by atoms with Gasteiger partial charge in [0.15, 0.2) is 0 Å². The molecule has 0 bridgehead atoms. The number of carbonyl (C=O) groups is 1. The first-order valence-corrected chi connectivity index (χ1v) is 9.67. The van der Waals surface area contributed by atoms with Gasteiger partial charge in [0.05, 0.1) is 13.2 Å². The molecule has 2 aromatic rings. The molecule has 1 N–H and O–H groups in total. The Bertz CT molecular complexity index is 780. The number of amides is 1. The normalized spacial score (nSPS) is 12.2. The molecule has 1 atom stereocenters. The lowest BCUT2D eigenvalue weighted by Gasteiger charge is -2.30. The zero-order valence-electron chi connectivity index (χ0n) is 15.8. The number of ether oxygens (including phenoxy) is 1. The van der Waals surface area contributed by atoms with Crippen LogP contribution in [0.3, 0.4) is 0 Å². The molecule has 0 saturated carbocycles. The summed E-state index contributed by atoms with van der Waals surface area (Å²) in [4.78, 5) is 26.3. The molecule has 1 aromatic carbocycles. The lowest BCUT2D eigenvalue weighted by Crippen LogP contribution is -2.39. The highest BCUT2D eigenvalue weighted by Crippen LogP contribution is 2.23. The van der Waals surface area contributed by atoms with Crippen LogP contribution in [0.1, 0.15) is 31.1 Å². The number of thiazole rings is 1. The Hall–Kier alpha value is -2.12. The molecule has 0 saturated heterocycles. The quantitative estimate of drug-likeness (QED) is 0.729. The minimum atomic E-state index is -0.159. The number of benzene rings is 1. The smallest absolute Gasteiger partial charge is 0.307 e. The van der Waals surface area contributed by atoms with Gasteiger partial charge in [-0.2, -0.15) is 0 Å². The summed E-state index contributed by atoms with van der Waals surface area (Å²) in [5.41, 5.74) is 1.90. The van der Waals surface area contributed by atoms with E-state index >= 15 is 0 Å². The van der Waals surface area contributed by atoms with Crippen LogP contribution in [-0.2, 0) is 11.3 Å². The van der Waals surface area contributed by atoms with E-state index < -0.39 is 0 Å². The van der Waals surface area contributed by atoms with E-state index in [0.717, 1.165) is 41.4 Å². The van der Waals surface area contributed by atoms with Crippen molar-refractivity contribution in [2.75, 3.05) is 26.7 Å². The van der Waals surface area contributed by atoms with Crippen molar-refractivity contribution in [1.29, 1.82) is 0 Å². The molecule has 7 heteroatoms. The molecule has 6 nitrogen and oxygen atoms in total. The minimum Gasteiger partial charge on any atom is -0.497 e. The fourth-order valence-corrected chi connectivity index (χ4v) is 3.71. The van der Waals surface area contributed by atoms with E-state index in [1.807, 2.05) is 31.2 Å². The number of rotatable bonds is 9. The molecule has 0 aliphatic heterocycles. The molecule has 1 aromatic heterocycles. The molecule has 0 fully saturated rings. The maximum Gasteiger partial charge on any atom is 0.307 e. The first kappa shape index (κ1) is 20.2. The largest absolute Gasteiger partial charge is 0.497 e. The monoisotopic (exact) mass is 377 g/mol. The Kier molecular flexibility index (Phi) is 7.41. The summed E-state index contributed by atoms with van der Waals surface area (Å²) in [7, 11) is 1.65. The molecule has 1 heterocycles. The van der Waals surface area contributed by atoms with Gasteiger partial charge in [-0.05, 0) is 37.7 Å². The van der Waals surface area contributed by atoms with Gasteiger partial charge in [-0.1, -0.05) is 37.3 Å². The maximum absolute atomic E-state index is 12.4. The number of aryl methyl sites for hydroxylation is 1. The lowest BCUT2D eigenvalue weighted by molar-refractivity contribution is -0.122. The van der Waals surface area contributed by atoms with Crippen molar-refractivity contribution in [3.8, 4) is 5.75 Å².